The van der Waals surface area contributed by atoms with Crippen LogP contribution >= 0.6 is 23.1 Å². The lowest BCUT2D eigenvalue weighted by Crippen LogP contribution is -2.71. The van der Waals surface area contributed by atoms with Crippen molar-refractivity contribution in [2.75, 3.05) is 24.7 Å². The third-order valence-electron chi connectivity index (χ3n) is 10.2. The first-order valence-electron chi connectivity index (χ1n) is 18.4. The molecule has 1 unspecified atom stereocenters. The van der Waals surface area contributed by atoms with Gasteiger partial charge in [0, 0.05) is 37.7 Å². The molecule has 13 nitrogen and oxygen atoms in total. The lowest BCUT2D eigenvalue weighted by molar-refractivity contribution is -0.150. The molecule has 5 aromatic rings. The second kappa shape index (κ2) is 16.3. The van der Waals surface area contributed by atoms with E-state index in [4.69, 9.17) is 14.6 Å². The van der Waals surface area contributed by atoms with E-state index in [1.165, 1.54) is 42.0 Å². The Balaban J connectivity index is 1.000. The fourth-order valence-corrected chi connectivity index (χ4v) is 9.83. The third-order valence-corrected chi connectivity index (χ3v) is 12.3. The molecule has 58 heavy (non-hydrogen) atoms. The second-order valence-corrected chi connectivity index (χ2v) is 15.9. The molecule has 4 heterocycles. The molecule has 1 saturated heterocycles. The number of carboxylic acids is 1. The minimum absolute atomic E-state index is 0.0736. The van der Waals surface area contributed by atoms with Crippen LogP contribution in [-0.2, 0) is 42.6 Å². The number of ether oxygens (including phenoxy) is 1. The Morgan fingerprint density at radius 3 is 2.12 bits per heavy atom. The van der Waals surface area contributed by atoms with Crippen molar-refractivity contribution in [3.8, 4) is 5.75 Å². The first kappa shape index (κ1) is 38.6. The van der Waals surface area contributed by atoms with Crippen LogP contribution in [0.2, 0.25) is 0 Å². The molecule has 2 atom stereocenters. The van der Waals surface area contributed by atoms with Gasteiger partial charge in [-0.05, 0) is 45.5 Å². The van der Waals surface area contributed by atoms with Crippen LogP contribution in [0.15, 0.2) is 131 Å². The number of rotatable bonds is 13. The SMILES string of the molecule is CON=C(C(=O)NC1C(=O)N2C(C(=O)O)=C(CN3Cc4ccc(OC(C)=O)cc4C3)CS[C@@H]12)c1csc(NC(c2ccccc2)(c2ccccc2)c2ccccc2)n1. The van der Waals surface area contributed by atoms with Crippen LogP contribution in [0.25, 0.3) is 0 Å². The zero-order valence-corrected chi connectivity index (χ0v) is 33.1. The maximum absolute atomic E-state index is 13.9. The Labute approximate surface area is 342 Å². The van der Waals surface area contributed by atoms with E-state index in [1.807, 2.05) is 66.7 Å². The molecule has 15 heteroatoms. The molecule has 2 amide bonds. The normalized spacial score (nSPS) is 17.9. The fourth-order valence-electron chi connectivity index (χ4n) is 7.74. The Kier molecular flexibility index (Phi) is 10.8. The molecule has 4 aromatic carbocycles. The maximum Gasteiger partial charge on any atom is 0.352 e. The summed E-state index contributed by atoms with van der Waals surface area (Å²) in [5.41, 5.74) is 4.73. The van der Waals surface area contributed by atoms with Crippen LogP contribution < -0.4 is 15.4 Å². The van der Waals surface area contributed by atoms with Crippen molar-refractivity contribution in [1.29, 1.82) is 0 Å². The second-order valence-electron chi connectivity index (χ2n) is 13.9. The van der Waals surface area contributed by atoms with Gasteiger partial charge < -0.3 is 25.3 Å². The molecular formula is C43H38N6O7S2. The number of carbonyl (C=O) groups is 4. The largest absolute Gasteiger partial charge is 0.477 e. The molecule has 3 N–H and O–H groups in total. The molecule has 3 aliphatic heterocycles. The number of thioether (sulfide) groups is 1. The third kappa shape index (κ3) is 7.35. The highest BCUT2D eigenvalue weighted by Gasteiger charge is 2.54. The van der Waals surface area contributed by atoms with Gasteiger partial charge in [-0.1, -0.05) is 102 Å². The molecule has 8 rings (SSSR count). The standard InChI is InChI=1S/C43H38N6O7S2/c1-26(50)56-33-19-18-27-21-48(22-28(27)20-33)23-29-24-57-40-36(39(52)49(40)37(29)41(53)54)45-38(51)35(47-55-2)34-25-58-42(44-34)46-43(30-12-6-3-7-13-30,31-14-8-4-9-15-31)32-16-10-5-11-17-32/h3-20,25,36,40H,21-24H2,1-2H3,(H,44,46)(H,45,51)(H,53,54)/t36?,40-/m0/s1. The van der Waals surface area contributed by atoms with Crippen molar-refractivity contribution in [3.63, 3.8) is 0 Å². The minimum atomic E-state index is -1.21. The van der Waals surface area contributed by atoms with Gasteiger partial charge >= 0.3 is 11.9 Å². The van der Waals surface area contributed by atoms with Gasteiger partial charge in [0.25, 0.3) is 11.8 Å². The van der Waals surface area contributed by atoms with Gasteiger partial charge in [-0.25, -0.2) is 9.78 Å². The Morgan fingerprint density at radius 2 is 1.53 bits per heavy atom. The van der Waals surface area contributed by atoms with Crippen LogP contribution in [0.3, 0.4) is 0 Å². The average Bonchev–Trinajstić information content (AvgIpc) is 3.87. The summed E-state index contributed by atoms with van der Waals surface area (Å²) < 4.78 is 5.23. The summed E-state index contributed by atoms with van der Waals surface area (Å²) in [6, 6.07) is 34.6. The predicted molar refractivity (Wildman–Crippen MR) is 220 cm³/mol. The summed E-state index contributed by atoms with van der Waals surface area (Å²) >= 11 is 2.68. The molecule has 0 bridgehead atoms. The number of carbonyl (C=O) groups excluding carboxylic acids is 3. The monoisotopic (exact) mass is 814 g/mol. The molecular weight excluding hydrogens is 777 g/mol. The quantitative estimate of drug-likeness (QED) is 0.0340. The highest BCUT2D eigenvalue weighted by molar-refractivity contribution is 8.00. The van der Waals surface area contributed by atoms with E-state index in [-0.39, 0.29) is 17.1 Å². The van der Waals surface area contributed by atoms with Crippen LogP contribution in [0.1, 0.15) is 40.4 Å². The topological polar surface area (TPSA) is 163 Å². The number of nitrogens with one attached hydrogen (secondary N) is 2. The van der Waals surface area contributed by atoms with E-state index < -0.39 is 40.7 Å². The minimum Gasteiger partial charge on any atom is -0.477 e. The van der Waals surface area contributed by atoms with E-state index in [2.05, 4.69) is 57.1 Å². The Hall–Kier alpha value is -6.29. The van der Waals surface area contributed by atoms with Crippen molar-refractivity contribution in [3.05, 3.63) is 159 Å². The predicted octanol–water partition coefficient (Wildman–Crippen LogP) is 5.58. The molecule has 1 aromatic heterocycles. The molecule has 0 aliphatic carbocycles. The first-order valence-corrected chi connectivity index (χ1v) is 20.3. The van der Waals surface area contributed by atoms with Crippen molar-refractivity contribution >= 4 is 57.7 Å². The summed E-state index contributed by atoms with van der Waals surface area (Å²) in [5, 5.41) is 22.4. The van der Waals surface area contributed by atoms with Gasteiger partial charge in [-0.15, -0.1) is 23.1 Å². The number of oxime groups is 1. The van der Waals surface area contributed by atoms with Crippen molar-refractivity contribution in [2.45, 2.75) is 37.0 Å². The average molecular weight is 815 g/mol. The van der Waals surface area contributed by atoms with E-state index in [1.54, 1.807) is 11.4 Å². The number of β-lactam (4-membered cyclic amide) rings is 1. The summed E-state index contributed by atoms with van der Waals surface area (Å²) in [7, 11) is 1.32. The number of nitrogens with zero attached hydrogens (tertiary/aromatic N) is 4. The summed E-state index contributed by atoms with van der Waals surface area (Å²) in [4.78, 5) is 64.9. The number of benzene rings is 4. The van der Waals surface area contributed by atoms with E-state index >= 15 is 0 Å². The smallest absolute Gasteiger partial charge is 0.352 e. The number of amides is 2. The summed E-state index contributed by atoms with van der Waals surface area (Å²) in [6.07, 6.45) is 0. The highest BCUT2D eigenvalue weighted by Crippen LogP contribution is 2.42. The lowest BCUT2D eigenvalue weighted by Gasteiger charge is -2.49. The van der Waals surface area contributed by atoms with Gasteiger partial charge in [-0.2, -0.15) is 0 Å². The van der Waals surface area contributed by atoms with E-state index in [0.717, 1.165) is 27.8 Å². The number of aliphatic carboxylic acids is 1. The number of hydrogen-bond acceptors (Lipinski definition) is 12. The number of thiazole rings is 1. The lowest BCUT2D eigenvalue weighted by atomic mass is 9.77. The summed E-state index contributed by atoms with van der Waals surface area (Å²) in [5.74, 6) is -2.04. The Morgan fingerprint density at radius 1 is 0.914 bits per heavy atom. The number of aromatic nitrogens is 1. The van der Waals surface area contributed by atoms with Crippen molar-refractivity contribution in [2.24, 2.45) is 5.16 Å². The van der Waals surface area contributed by atoms with E-state index in [9.17, 15) is 24.3 Å². The molecule has 0 spiro atoms. The van der Waals surface area contributed by atoms with Gasteiger partial charge in [0.15, 0.2) is 10.8 Å². The number of carboxylic acid groups (broad SMARTS) is 1. The van der Waals surface area contributed by atoms with Crippen molar-refractivity contribution in [1.82, 2.24) is 20.1 Å². The molecule has 294 valence electrons. The number of fused-ring (bicyclic) bond motifs is 2. The van der Waals surface area contributed by atoms with Crippen molar-refractivity contribution < 1.29 is 33.9 Å². The number of anilines is 1. The maximum atomic E-state index is 13.9. The van der Waals surface area contributed by atoms with Gasteiger partial charge in [0.2, 0.25) is 0 Å². The molecule has 0 radical (unpaired) electrons. The van der Waals surface area contributed by atoms with Gasteiger partial charge in [0.1, 0.15) is 41.2 Å². The Bertz CT molecular complexity index is 2340. The zero-order chi connectivity index (χ0) is 40.4. The molecule has 1 fully saturated rings. The highest BCUT2D eigenvalue weighted by atomic mass is 32.2. The van der Waals surface area contributed by atoms with Crippen LogP contribution in [0, 0.1) is 0 Å². The van der Waals surface area contributed by atoms with Crippen LogP contribution in [0.5, 0.6) is 5.75 Å². The number of esters is 1. The number of hydrogen-bond donors (Lipinski definition) is 3. The molecule has 3 aliphatic rings. The zero-order valence-electron chi connectivity index (χ0n) is 31.5. The fraction of sp³-hybridized carbons (Fsp3) is 0.209. The van der Waals surface area contributed by atoms with Crippen LogP contribution in [0.4, 0.5) is 5.13 Å². The van der Waals surface area contributed by atoms with Crippen LogP contribution in [-0.4, -0.2) is 80.2 Å². The summed E-state index contributed by atoms with van der Waals surface area (Å²) in [6.45, 7) is 2.78. The van der Waals surface area contributed by atoms with Gasteiger partial charge in [0.05, 0.1) is 0 Å². The van der Waals surface area contributed by atoms with E-state index in [0.29, 0.717) is 41.8 Å². The molecule has 0 saturated carbocycles. The first-order chi connectivity index (χ1) is 28.2. The van der Waals surface area contributed by atoms with Gasteiger partial charge in [-0.3, -0.25) is 24.2 Å².